The van der Waals surface area contributed by atoms with E-state index in [1.165, 1.54) is 0 Å². The maximum absolute atomic E-state index is 14.3. The Labute approximate surface area is 393 Å². The number of hydrogen-bond acceptors (Lipinski definition) is 7. The van der Waals surface area contributed by atoms with Gasteiger partial charge in [0.1, 0.15) is 42.1 Å². The predicted octanol–water partition coefficient (Wildman–Crippen LogP) is 6.66. The Bertz CT molecular complexity index is 2170. The molecule has 0 unspecified atom stereocenters. The second kappa shape index (κ2) is 22.8. The van der Waals surface area contributed by atoms with Gasteiger partial charge < -0.3 is 30.0 Å². The van der Waals surface area contributed by atoms with Crippen LogP contribution in [0.4, 0.5) is 0 Å². The number of hydrogen-bond donors (Lipinski definition) is 3. The van der Waals surface area contributed by atoms with Gasteiger partial charge in [0.05, 0.1) is 0 Å². The fourth-order valence-electron chi connectivity index (χ4n) is 8.97. The molecule has 0 bridgehead atoms. The normalized spacial score (nSPS) is 21.1. The molecule has 11 nitrogen and oxygen atoms in total. The maximum Gasteiger partial charge on any atom is 0.262 e. The summed E-state index contributed by atoms with van der Waals surface area (Å²) >= 11 is 0. The third-order valence-electron chi connectivity index (χ3n) is 12.9. The van der Waals surface area contributed by atoms with E-state index in [0.717, 1.165) is 21.5 Å². The van der Waals surface area contributed by atoms with Crippen LogP contribution in [0.2, 0.25) is 5.04 Å². The molecule has 13 heteroatoms. The van der Waals surface area contributed by atoms with Crippen LogP contribution < -0.4 is 31.1 Å². The summed E-state index contributed by atoms with van der Waals surface area (Å²) in [5.41, 5.74) is 0.496. The fourth-order valence-corrected chi connectivity index (χ4v) is 13.6. The molecule has 0 saturated carbocycles. The lowest BCUT2D eigenvalue weighted by Crippen LogP contribution is -2.68. The van der Waals surface area contributed by atoms with Crippen molar-refractivity contribution in [2.45, 2.75) is 141 Å². The summed E-state index contributed by atoms with van der Waals surface area (Å²) < 4.78 is 13.0. The number of Topliss-reactive ketones (excluding diaryl/α,β-unsaturated/α-hetero) is 1. The minimum Gasteiger partial charge on any atom is -0.489 e. The van der Waals surface area contributed by atoms with Crippen LogP contribution in [-0.4, -0.2) is 78.9 Å². The lowest BCUT2D eigenvalue weighted by atomic mass is 9.94. The zero-order valence-electron chi connectivity index (χ0n) is 38.9. The summed E-state index contributed by atoms with van der Waals surface area (Å²) in [5.74, 6) is -0.971. The number of carbonyl (C=O) groups is 5. The number of nitrogens with one attached hydrogen (secondary N) is 3. The van der Waals surface area contributed by atoms with E-state index in [1.807, 2.05) is 97.9 Å². The molecule has 0 radical (unpaired) electrons. The van der Waals surface area contributed by atoms with Crippen LogP contribution in [0, 0.1) is 0 Å². The van der Waals surface area contributed by atoms with Gasteiger partial charge in [-0.3, -0.25) is 24.0 Å². The molecule has 2 heterocycles. The number of rotatable bonds is 17. The first-order valence-electron chi connectivity index (χ1n) is 23.0. The number of unbranched alkanes of at least 4 members (excludes halogenated alkanes) is 2. The third-order valence-corrected chi connectivity index (χ3v) is 18.0. The lowest BCUT2D eigenvalue weighted by Gasteiger charge is -2.44. The highest BCUT2D eigenvalue weighted by atomic mass is 32.1. The van der Waals surface area contributed by atoms with Crippen molar-refractivity contribution >= 4 is 61.6 Å². The summed E-state index contributed by atoms with van der Waals surface area (Å²) in [4.78, 5) is 71.7. The van der Waals surface area contributed by atoms with Gasteiger partial charge in [-0.1, -0.05) is 144 Å². The molecule has 4 aromatic rings. The molecular formula is C52H68N4O7SSi. The van der Waals surface area contributed by atoms with Crippen LogP contribution in [0.1, 0.15) is 104 Å². The quantitative estimate of drug-likeness (QED) is 0.0794. The SMILES string of the molecule is CC[C@]1(C)NC(=O)[C@H](CCCCCC(=O)[C@H](C)O[Si](c2ccccc2)(c2ccccc2)C(C)(C)C)NC(=O)[C@H]2CCCN2C(=O)[C@H](Cc2ccc(OCc3ccccc3)cc2)NC1=O.S. The summed E-state index contributed by atoms with van der Waals surface area (Å²) in [6, 6.07) is 35.1. The van der Waals surface area contributed by atoms with Gasteiger partial charge in [-0.05, 0) is 84.6 Å². The molecule has 2 saturated heterocycles. The summed E-state index contributed by atoms with van der Waals surface area (Å²) in [7, 11) is -2.92. The van der Waals surface area contributed by atoms with Crippen molar-refractivity contribution in [3.8, 4) is 5.75 Å². The van der Waals surface area contributed by atoms with Crippen LogP contribution in [0.15, 0.2) is 115 Å². The van der Waals surface area contributed by atoms with Crippen molar-refractivity contribution < 1.29 is 33.1 Å². The molecule has 2 aliphatic rings. The summed E-state index contributed by atoms with van der Waals surface area (Å²) in [6.07, 6.45) is 3.26. The van der Waals surface area contributed by atoms with Crippen molar-refractivity contribution in [1.29, 1.82) is 0 Å². The summed E-state index contributed by atoms with van der Waals surface area (Å²) in [5, 5.41) is 10.8. The van der Waals surface area contributed by atoms with E-state index in [-0.39, 0.29) is 49.0 Å². The van der Waals surface area contributed by atoms with E-state index in [9.17, 15) is 24.0 Å². The number of nitrogens with zero attached hydrogens (tertiary/aromatic N) is 1. The van der Waals surface area contributed by atoms with E-state index >= 15 is 0 Å². The molecule has 0 spiro atoms. The highest BCUT2D eigenvalue weighted by molar-refractivity contribution is 7.59. The van der Waals surface area contributed by atoms with E-state index in [4.69, 9.17) is 9.16 Å². The molecule has 0 aromatic heterocycles. The monoisotopic (exact) mass is 920 g/mol. The second-order valence-electron chi connectivity index (χ2n) is 18.6. The highest BCUT2D eigenvalue weighted by Gasteiger charge is 2.51. The Morgan fingerprint density at radius 1 is 0.785 bits per heavy atom. The first-order chi connectivity index (χ1) is 30.6. The standard InChI is InChI=1S/C52H66N4O7Si.H2S/c1-7-52(6)50(61)54-44(35-38-30-32-40(33-31-38)62-36-39-21-12-8-13-22-39)49(60)56-34-20-28-45(56)48(59)53-43(47(58)55-52)27-18-11-19-29-46(57)37(2)63-64(51(3,4)5,41-23-14-9-15-24-41)42-25-16-10-17-26-42;/h8-10,12-17,21-26,30-33,37,43-45H,7,11,18-20,27-29,34-36H2,1-6H3,(H,53,59)(H,54,61)(H,55,58);1H2/t37-,43-,44-,45+,52-;/m0./s1. The second-order valence-corrected chi connectivity index (χ2v) is 22.8. The molecule has 65 heavy (non-hydrogen) atoms. The lowest BCUT2D eigenvalue weighted by molar-refractivity contribution is -0.144. The molecule has 6 rings (SSSR count). The third kappa shape index (κ3) is 12.4. The van der Waals surface area contributed by atoms with Gasteiger partial charge in [0.25, 0.3) is 8.32 Å². The van der Waals surface area contributed by atoms with Gasteiger partial charge in [-0.15, -0.1) is 0 Å². The van der Waals surface area contributed by atoms with Crippen LogP contribution in [-0.2, 0) is 41.4 Å². The number of ether oxygens (including phenoxy) is 1. The van der Waals surface area contributed by atoms with E-state index in [2.05, 4.69) is 61.0 Å². The Morgan fingerprint density at radius 3 is 1.97 bits per heavy atom. The van der Waals surface area contributed by atoms with Gasteiger partial charge in [-0.25, -0.2) is 0 Å². The molecule has 0 aliphatic carbocycles. The maximum atomic E-state index is 14.3. The van der Waals surface area contributed by atoms with Crippen molar-refractivity contribution in [3.05, 3.63) is 126 Å². The molecule has 2 aliphatic heterocycles. The number of amides is 4. The van der Waals surface area contributed by atoms with Gasteiger partial charge >= 0.3 is 0 Å². The van der Waals surface area contributed by atoms with E-state index in [0.29, 0.717) is 63.8 Å². The Morgan fingerprint density at radius 2 is 1.38 bits per heavy atom. The van der Waals surface area contributed by atoms with Crippen LogP contribution in [0.25, 0.3) is 0 Å². The van der Waals surface area contributed by atoms with Gasteiger partial charge in [0.2, 0.25) is 23.6 Å². The largest absolute Gasteiger partial charge is 0.489 e. The predicted molar refractivity (Wildman–Crippen MR) is 263 cm³/mol. The van der Waals surface area contributed by atoms with Crippen molar-refractivity contribution in [1.82, 2.24) is 20.9 Å². The van der Waals surface area contributed by atoms with Crippen molar-refractivity contribution in [3.63, 3.8) is 0 Å². The Balaban J connectivity index is 0.00000793. The van der Waals surface area contributed by atoms with Gasteiger partial charge in [0, 0.05) is 19.4 Å². The summed E-state index contributed by atoms with van der Waals surface area (Å²) in [6.45, 7) is 12.6. The van der Waals surface area contributed by atoms with E-state index in [1.54, 1.807) is 18.7 Å². The molecule has 5 atom stereocenters. The Hall–Kier alpha value is -5.24. The zero-order chi connectivity index (χ0) is 45.9. The minimum absolute atomic E-state index is 0. The molecule has 4 aromatic carbocycles. The van der Waals surface area contributed by atoms with Gasteiger partial charge in [-0.2, -0.15) is 13.5 Å². The number of fused-ring (bicyclic) bond motifs is 1. The zero-order valence-corrected chi connectivity index (χ0v) is 40.9. The van der Waals surface area contributed by atoms with Gasteiger partial charge in [0.15, 0.2) is 5.78 Å². The molecule has 3 N–H and O–H groups in total. The number of benzene rings is 4. The Kier molecular flexibility index (Phi) is 17.8. The molecule has 2 fully saturated rings. The topological polar surface area (TPSA) is 143 Å². The fraction of sp³-hybridized carbons (Fsp3) is 0.442. The first kappa shape index (κ1) is 50.8. The molecular weight excluding hydrogens is 853 g/mol. The average Bonchev–Trinajstić information content (AvgIpc) is 3.80. The van der Waals surface area contributed by atoms with E-state index < -0.39 is 49.9 Å². The van der Waals surface area contributed by atoms with Crippen LogP contribution in [0.3, 0.4) is 0 Å². The number of carbonyl (C=O) groups excluding carboxylic acids is 5. The minimum atomic E-state index is -2.92. The van der Waals surface area contributed by atoms with Crippen molar-refractivity contribution in [2.24, 2.45) is 0 Å². The van der Waals surface area contributed by atoms with Crippen molar-refractivity contribution in [2.75, 3.05) is 6.54 Å². The molecule has 4 amide bonds. The van der Waals surface area contributed by atoms with Crippen LogP contribution >= 0.6 is 13.5 Å². The highest BCUT2D eigenvalue weighted by Crippen LogP contribution is 2.38. The number of ketones is 1. The molecule has 348 valence electrons. The average molecular weight is 921 g/mol. The first-order valence-corrected chi connectivity index (χ1v) is 24.9. The van der Waals surface area contributed by atoms with Crippen LogP contribution in [0.5, 0.6) is 5.75 Å². The smallest absolute Gasteiger partial charge is 0.262 e.